The Hall–Kier alpha value is -1.29. The molecule has 3 unspecified atom stereocenters. The summed E-state index contributed by atoms with van der Waals surface area (Å²) in [7, 11) is 4.01. The summed E-state index contributed by atoms with van der Waals surface area (Å²) >= 11 is 0. The van der Waals surface area contributed by atoms with Crippen molar-refractivity contribution < 1.29 is 26.5 Å². The number of anilines is 1. The van der Waals surface area contributed by atoms with Gasteiger partial charge in [-0.15, -0.1) is 0 Å². The van der Waals surface area contributed by atoms with Crippen molar-refractivity contribution in [3.05, 3.63) is 24.5 Å². The number of hydrogen-bond acceptors (Lipinski definition) is 3. The third-order valence-electron chi connectivity index (χ3n) is 4.95. The van der Waals surface area contributed by atoms with Gasteiger partial charge in [0.25, 0.3) is 0 Å². The zero-order valence-electron chi connectivity index (χ0n) is 15.5. The first kappa shape index (κ1) is 20.8. The largest absolute Gasteiger partial charge is 1.00 e. The lowest BCUT2D eigenvalue weighted by Crippen LogP contribution is -3.00. The van der Waals surface area contributed by atoms with E-state index in [1.165, 1.54) is 12.8 Å². The van der Waals surface area contributed by atoms with Gasteiger partial charge in [0.2, 0.25) is 6.54 Å². The monoisotopic (exact) mass is 354 g/mol. The van der Waals surface area contributed by atoms with Crippen LogP contribution >= 0.6 is 0 Å². The van der Waals surface area contributed by atoms with Crippen molar-refractivity contribution in [2.75, 3.05) is 19.0 Å². The summed E-state index contributed by atoms with van der Waals surface area (Å²) in [4.78, 5) is 14.4. The predicted octanol–water partition coefficient (Wildman–Crippen LogP) is 0.0481. The predicted molar refractivity (Wildman–Crippen MR) is 92.2 cm³/mol. The number of pyridine rings is 1. The topological polar surface area (TPSA) is 33.4 Å². The standard InChI is InChI=1S/C19H31N2O2.ClH/c1-14(2)17-7-6-15(3)12-18(17)23-19(22)13-21-10-8-16(9-11-21)20(4)5;/h8-11,14-15,17-18H,6-7,12-13H2,1-5H3;1H/q+1;/p-1. The Labute approximate surface area is 152 Å². The number of halogens is 1. The minimum Gasteiger partial charge on any atom is -1.00 e. The highest BCUT2D eigenvalue weighted by atomic mass is 35.5. The molecule has 0 radical (unpaired) electrons. The van der Waals surface area contributed by atoms with Crippen LogP contribution in [0.3, 0.4) is 0 Å². The Bertz CT molecular complexity index is 517. The van der Waals surface area contributed by atoms with Crippen molar-refractivity contribution in [1.82, 2.24) is 0 Å². The van der Waals surface area contributed by atoms with Crippen molar-refractivity contribution in [3.8, 4) is 0 Å². The summed E-state index contributed by atoms with van der Waals surface area (Å²) in [6.45, 7) is 7.00. The van der Waals surface area contributed by atoms with Crippen LogP contribution in [0.1, 0.15) is 40.0 Å². The van der Waals surface area contributed by atoms with Gasteiger partial charge in [-0.2, -0.15) is 4.57 Å². The van der Waals surface area contributed by atoms with Gasteiger partial charge in [0.05, 0.1) is 0 Å². The van der Waals surface area contributed by atoms with Crippen LogP contribution in [-0.4, -0.2) is 26.2 Å². The van der Waals surface area contributed by atoms with Crippen LogP contribution in [-0.2, 0) is 16.1 Å². The first-order valence-electron chi connectivity index (χ1n) is 8.72. The molecule has 0 bridgehead atoms. The highest BCUT2D eigenvalue weighted by molar-refractivity contribution is 5.67. The van der Waals surface area contributed by atoms with Crippen LogP contribution in [0, 0.1) is 17.8 Å². The first-order valence-corrected chi connectivity index (χ1v) is 8.72. The van der Waals surface area contributed by atoms with Gasteiger partial charge in [0, 0.05) is 31.9 Å². The molecule has 1 saturated carbocycles. The van der Waals surface area contributed by atoms with Crippen LogP contribution in [0.2, 0.25) is 0 Å². The Kier molecular flexibility index (Phi) is 8.01. The second kappa shape index (κ2) is 9.26. The molecule has 5 heteroatoms. The van der Waals surface area contributed by atoms with E-state index in [4.69, 9.17) is 4.74 Å². The zero-order chi connectivity index (χ0) is 17.0. The maximum Gasteiger partial charge on any atom is 0.372 e. The second-order valence-corrected chi connectivity index (χ2v) is 7.48. The van der Waals surface area contributed by atoms with Crippen LogP contribution in [0.25, 0.3) is 0 Å². The molecule has 0 N–H and O–H groups in total. The molecule has 1 aliphatic carbocycles. The molecule has 1 aromatic rings. The molecule has 0 aliphatic heterocycles. The van der Waals surface area contributed by atoms with Crippen molar-refractivity contribution in [2.24, 2.45) is 17.8 Å². The lowest BCUT2D eigenvalue weighted by Gasteiger charge is -2.36. The number of esters is 1. The first-order chi connectivity index (χ1) is 10.9. The number of hydrogen-bond donors (Lipinski definition) is 0. The molecule has 136 valence electrons. The fraction of sp³-hybridized carbons (Fsp3) is 0.684. The van der Waals surface area contributed by atoms with Crippen LogP contribution < -0.4 is 21.9 Å². The van der Waals surface area contributed by atoms with E-state index in [1.807, 2.05) is 48.1 Å². The average Bonchev–Trinajstić information content (AvgIpc) is 2.47. The SMILES string of the molecule is CC1CCC(C(C)C)C(OC(=O)C[n+]2ccc(N(C)C)cc2)C1.[Cl-]. The van der Waals surface area contributed by atoms with Gasteiger partial charge in [-0.25, -0.2) is 4.79 Å². The molecule has 2 rings (SSSR count). The number of carbonyl (C=O) groups excluding carboxylic acids is 1. The van der Waals surface area contributed by atoms with Gasteiger partial charge in [-0.3, -0.25) is 0 Å². The summed E-state index contributed by atoms with van der Waals surface area (Å²) in [5.41, 5.74) is 1.12. The van der Waals surface area contributed by atoms with Gasteiger partial charge < -0.3 is 22.0 Å². The van der Waals surface area contributed by atoms with Gasteiger partial charge in [0.1, 0.15) is 6.10 Å². The van der Waals surface area contributed by atoms with Crippen LogP contribution in [0.5, 0.6) is 0 Å². The fourth-order valence-electron chi connectivity index (χ4n) is 3.46. The molecule has 1 aromatic heterocycles. The van der Waals surface area contributed by atoms with Crippen molar-refractivity contribution in [2.45, 2.75) is 52.7 Å². The molecule has 1 aliphatic rings. The second-order valence-electron chi connectivity index (χ2n) is 7.48. The van der Waals surface area contributed by atoms with E-state index < -0.39 is 0 Å². The highest BCUT2D eigenvalue weighted by Crippen LogP contribution is 2.35. The summed E-state index contributed by atoms with van der Waals surface area (Å²) < 4.78 is 7.73. The van der Waals surface area contributed by atoms with Gasteiger partial charge >= 0.3 is 5.97 Å². The van der Waals surface area contributed by atoms with E-state index in [-0.39, 0.29) is 31.0 Å². The van der Waals surface area contributed by atoms with Crippen molar-refractivity contribution >= 4 is 11.7 Å². The Morgan fingerprint density at radius 2 is 1.92 bits per heavy atom. The van der Waals surface area contributed by atoms with Crippen LogP contribution in [0.15, 0.2) is 24.5 Å². The molecule has 3 atom stereocenters. The molecule has 0 amide bonds. The number of aromatic nitrogens is 1. The third-order valence-corrected chi connectivity index (χ3v) is 4.95. The molecular weight excluding hydrogens is 324 g/mol. The Morgan fingerprint density at radius 3 is 2.46 bits per heavy atom. The fourth-order valence-corrected chi connectivity index (χ4v) is 3.46. The van der Waals surface area contributed by atoms with Crippen molar-refractivity contribution in [1.29, 1.82) is 0 Å². The number of nitrogens with zero attached hydrogens (tertiary/aromatic N) is 2. The van der Waals surface area contributed by atoms with E-state index in [1.54, 1.807) is 0 Å². The molecule has 0 saturated heterocycles. The normalized spacial score (nSPS) is 23.5. The minimum absolute atomic E-state index is 0. The maximum atomic E-state index is 12.3. The Balaban J connectivity index is 0.00000288. The van der Waals surface area contributed by atoms with Gasteiger partial charge in [0.15, 0.2) is 12.4 Å². The minimum atomic E-state index is -0.127. The molecule has 4 nitrogen and oxygen atoms in total. The lowest BCUT2D eigenvalue weighted by molar-refractivity contribution is -0.686. The molecule has 1 fully saturated rings. The average molecular weight is 355 g/mol. The van der Waals surface area contributed by atoms with Gasteiger partial charge in [-0.1, -0.05) is 27.2 Å². The maximum absolute atomic E-state index is 12.3. The van der Waals surface area contributed by atoms with E-state index >= 15 is 0 Å². The Morgan fingerprint density at radius 1 is 1.29 bits per heavy atom. The quantitative estimate of drug-likeness (QED) is 0.553. The summed E-state index contributed by atoms with van der Waals surface area (Å²) in [5.74, 6) is 1.58. The molecular formula is C19H31ClN2O2. The summed E-state index contributed by atoms with van der Waals surface area (Å²) in [5, 5.41) is 0. The smallest absolute Gasteiger partial charge is 0.372 e. The molecule has 1 heterocycles. The number of ether oxygens (including phenoxy) is 1. The van der Waals surface area contributed by atoms with Crippen LogP contribution in [0.4, 0.5) is 5.69 Å². The molecule has 0 spiro atoms. The van der Waals surface area contributed by atoms with E-state index in [9.17, 15) is 4.79 Å². The van der Waals surface area contributed by atoms with E-state index in [0.29, 0.717) is 17.8 Å². The van der Waals surface area contributed by atoms with E-state index in [0.717, 1.165) is 12.1 Å². The zero-order valence-corrected chi connectivity index (χ0v) is 16.3. The van der Waals surface area contributed by atoms with Crippen molar-refractivity contribution in [3.63, 3.8) is 0 Å². The number of rotatable bonds is 5. The molecule has 24 heavy (non-hydrogen) atoms. The number of carbonyl (C=O) groups is 1. The highest BCUT2D eigenvalue weighted by Gasteiger charge is 2.33. The lowest BCUT2D eigenvalue weighted by atomic mass is 9.75. The van der Waals surface area contributed by atoms with Gasteiger partial charge in [-0.05, 0) is 30.6 Å². The molecule has 0 aromatic carbocycles. The van der Waals surface area contributed by atoms with E-state index in [2.05, 4.69) is 20.8 Å². The summed E-state index contributed by atoms with van der Waals surface area (Å²) in [6.07, 6.45) is 7.35. The third kappa shape index (κ3) is 5.66. The summed E-state index contributed by atoms with van der Waals surface area (Å²) in [6, 6.07) is 4.01.